The number of hydrogen-bond acceptors (Lipinski definition) is 5. The minimum absolute atomic E-state index is 0.193. The van der Waals surface area contributed by atoms with Crippen molar-refractivity contribution < 1.29 is 14.3 Å². The van der Waals surface area contributed by atoms with Crippen LogP contribution in [0.5, 0.6) is 0 Å². The molecule has 0 aromatic carbocycles. The SMILES string of the molecule is CCOC(=O)NC(CNC(=O)c1cnc(C)cn1)CC(C)C. The number of aryl methyl sites for hydroxylation is 1. The van der Waals surface area contributed by atoms with Gasteiger partial charge in [-0.3, -0.25) is 9.78 Å². The van der Waals surface area contributed by atoms with E-state index >= 15 is 0 Å². The number of alkyl carbamates (subject to hydrolysis) is 1. The Morgan fingerprint density at radius 3 is 2.55 bits per heavy atom. The Bertz CT molecular complexity index is 488. The largest absolute Gasteiger partial charge is 0.450 e. The number of amides is 2. The molecule has 1 aromatic rings. The van der Waals surface area contributed by atoms with Crippen LogP contribution in [0.4, 0.5) is 4.79 Å². The van der Waals surface area contributed by atoms with Crippen LogP contribution >= 0.6 is 0 Å². The summed E-state index contributed by atoms with van der Waals surface area (Å²) in [7, 11) is 0. The van der Waals surface area contributed by atoms with Gasteiger partial charge in [0.2, 0.25) is 0 Å². The average Bonchev–Trinajstić information content (AvgIpc) is 2.45. The molecule has 7 nitrogen and oxygen atoms in total. The first-order chi connectivity index (χ1) is 10.4. The molecule has 0 aliphatic rings. The third-order valence-corrected chi connectivity index (χ3v) is 2.88. The van der Waals surface area contributed by atoms with Crippen molar-refractivity contribution in [2.24, 2.45) is 5.92 Å². The van der Waals surface area contributed by atoms with Gasteiger partial charge in [0.05, 0.1) is 18.5 Å². The molecule has 1 aromatic heterocycles. The van der Waals surface area contributed by atoms with Crippen molar-refractivity contribution in [3.63, 3.8) is 0 Å². The highest BCUT2D eigenvalue weighted by Gasteiger charge is 2.16. The predicted molar refractivity (Wildman–Crippen MR) is 82.5 cm³/mol. The lowest BCUT2D eigenvalue weighted by atomic mass is 10.0. The summed E-state index contributed by atoms with van der Waals surface area (Å²) in [5.74, 6) is 0.0647. The van der Waals surface area contributed by atoms with Gasteiger partial charge in [0.1, 0.15) is 5.69 Å². The first-order valence-electron chi connectivity index (χ1n) is 7.42. The molecule has 0 spiro atoms. The zero-order valence-corrected chi connectivity index (χ0v) is 13.5. The van der Waals surface area contributed by atoms with Gasteiger partial charge in [-0.05, 0) is 26.2 Å². The lowest BCUT2D eigenvalue weighted by molar-refractivity contribution is 0.0939. The molecule has 1 unspecified atom stereocenters. The van der Waals surface area contributed by atoms with Gasteiger partial charge in [0.15, 0.2) is 0 Å². The Hall–Kier alpha value is -2.18. The normalized spacial score (nSPS) is 11.9. The smallest absolute Gasteiger partial charge is 0.407 e. The van der Waals surface area contributed by atoms with Crippen LogP contribution in [0.1, 0.15) is 43.4 Å². The second-order valence-corrected chi connectivity index (χ2v) is 5.44. The molecule has 22 heavy (non-hydrogen) atoms. The van der Waals surface area contributed by atoms with E-state index in [1.54, 1.807) is 13.8 Å². The number of nitrogens with zero attached hydrogens (tertiary/aromatic N) is 2. The molecule has 0 saturated carbocycles. The zero-order valence-electron chi connectivity index (χ0n) is 13.5. The number of carbonyl (C=O) groups is 2. The van der Waals surface area contributed by atoms with E-state index in [9.17, 15) is 9.59 Å². The second kappa shape index (κ2) is 8.96. The summed E-state index contributed by atoms with van der Waals surface area (Å²) in [4.78, 5) is 31.6. The molecule has 1 atom stereocenters. The van der Waals surface area contributed by atoms with E-state index in [0.717, 1.165) is 12.1 Å². The Balaban J connectivity index is 2.56. The van der Waals surface area contributed by atoms with Crippen molar-refractivity contribution in [3.8, 4) is 0 Å². The number of nitrogens with one attached hydrogen (secondary N) is 2. The molecular formula is C15H24N4O3. The lowest BCUT2D eigenvalue weighted by Gasteiger charge is -2.20. The van der Waals surface area contributed by atoms with Crippen LogP contribution in [0.25, 0.3) is 0 Å². The van der Waals surface area contributed by atoms with Crippen molar-refractivity contribution in [1.82, 2.24) is 20.6 Å². The molecule has 0 saturated heterocycles. The summed E-state index contributed by atoms with van der Waals surface area (Å²) in [5, 5.41) is 5.51. The van der Waals surface area contributed by atoms with Gasteiger partial charge in [-0.15, -0.1) is 0 Å². The zero-order chi connectivity index (χ0) is 16.5. The highest BCUT2D eigenvalue weighted by atomic mass is 16.5. The molecule has 2 N–H and O–H groups in total. The minimum atomic E-state index is -0.475. The van der Waals surface area contributed by atoms with Gasteiger partial charge in [-0.2, -0.15) is 0 Å². The lowest BCUT2D eigenvalue weighted by Crippen LogP contribution is -2.44. The van der Waals surface area contributed by atoms with Crippen molar-refractivity contribution in [3.05, 3.63) is 23.8 Å². The van der Waals surface area contributed by atoms with Crippen LogP contribution in [-0.2, 0) is 4.74 Å². The molecule has 1 rings (SSSR count). The maximum Gasteiger partial charge on any atom is 0.407 e. The Morgan fingerprint density at radius 2 is 2.00 bits per heavy atom. The van der Waals surface area contributed by atoms with Crippen LogP contribution in [0, 0.1) is 12.8 Å². The summed E-state index contributed by atoms with van der Waals surface area (Å²) >= 11 is 0. The Morgan fingerprint density at radius 1 is 1.27 bits per heavy atom. The van der Waals surface area contributed by atoms with Crippen molar-refractivity contribution in [2.75, 3.05) is 13.2 Å². The Kier molecular flexibility index (Phi) is 7.28. The van der Waals surface area contributed by atoms with Gasteiger partial charge < -0.3 is 15.4 Å². The minimum Gasteiger partial charge on any atom is -0.450 e. The fourth-order valence-corrected chi connectivity index (χ4v) is 1.92. The second-order valence-electron chi connectivity index (χ2n) is 5.44. The quantitative estimate of drug-likeness (QED) is 0.799. The summed E-state index contributed by atoms with van der Waals surface area (Å²) < 4.78 is 4.87. The van der Waals surface area contributed by atoms with Crippen LogP contribution in [-0.4, -0.2) is 41.2 Å². The molecule has 0 fully saturated rings. The van der Waals surface area contributed by atoms with Gasteiger partial charge in [-0.25, -0.2) is 9.78 Å². The van der Waals surface area contributed by atoms with Crippen molar-refractivity contribution in [2.45, 2.75) is 40.2 Å². The van der Waals surface area contributed by atoms with E-state index in [-0.39, 0.29) is 17.6 Å². The average molecular weight is 308 g/mol. The monoisotopic (exact) mass is 308 g/mol. The maximum atomic E-state index is 12.0. The topological polar surface area (TPSA) is 93.2 Å². The molecule has 2 amide bonds. The molecular weight excluding hydrogens is 284 g/mol. The van der Waals surface area contributed by atoms with E-state index < -0.39 is 6.09 Å². The van der Waals surface area contributed by atoms with Crippen LogP contribution in [0.15, 0.2) is 12.4 Å². The van der Waals surface area contributed by atoms with Gasteiger partial charge in [0.25, 0.3) is 5.91 Å². The van der Waals surface area contributed by atoms with Gasteiger partial charge in [0, 0.05) is 18.8 Å². The molecule has 1 heterocycles. The third kappa shape index (κ3) is 6.51. The number of rotatable bonds is 7. The first-order valence-corrected chi connectivity index (χ1v) is 7.42. The molecule has 0 radical (unpaired) electrons. The fourth-order valence-electron chi connectivity index (χ4n) is 1.92. The molecule has 0 aliphatic heterocycles. The summed E-state index contributed by atoms with van der Waals surface area (Å²) in [6, 6.07) is -0.193. The summed E-state index contributed by atoms with van der Waals surface area (Å²) in [5.41, 5.74) is 1.00. The summed E-state index contributed by atoms with van der Waals surface area (Å²) in [6.45, 7) is 8.27. The number of carbonyl (C=O) groups excluding carboxylic acids is 2. The van der Waals surface area contributed by atoms with Gasteiger partial charge in [-0.1, -0.05) is 13.8 Å². The molecule has 0 aliphatic carbocycles. The highest BCUT2D eigenvalue weighted by molar-refractivity contribution is 5.91. The van der Waals surface area contributed by atoms with Crippen LogP contribution in [0.2, 0.25) is 0 Å². The van der Waals surface area contributed by atoms with E-state index in [1.807, 2.05) is 13.8 Å². The van der Waals surface area contributed by atoms with Crippen LogP contribution < -0.4 is 10.6 Å². The standard InChI is InChI=1S/C15H24N4O3/c1-5-22-15(21)19-12(6-10(2)3)8-18-14(20)13-9-16-11(4)7-17-13/h7,9-10,12H,5-6,8H2,1-4H3,(H,18,20)(H,19,21). The van der Waals surface area contributed by atoms with Crippen LogP contribution in [0.3, 0.4) is 0 Å². The van der Waals surface area contributed by atoms with Gasteiger partial charge >= 0.3 is 6.09 Å². The Labute approximate surface area is 130 Å². The number of ether oxygens (including phenoxy) is 1. The molecule has 0 bridgehead atoms. The fraction of sp³-hybridized carbons (Fsp3) is 0.600. The number of hydrogen-bond donors (Lipinski definition) is 2. The maximum absolute atomic E-state index is 12.0. The number of aromatic nitrogens is 2. The first kappa shape index (κ1) is 17.9. The van der Waals surface area contributed by atoms with Crippen molar-refractivity contribution in [1.29, 1.82) is 0 Å². The van der Waals surface area contributed by atoms with E-state index in [0.29, 0.717) is 19.1 Å². The predicted octanol–water partition coefficient (Wildman–Crippen LogP) is 1.68. The molecule has 7 heteroatoms. The van der Waals surface area contributed by atoms with Crippen molar-refractivity contribution >= 4 is 12.0 Å². The summed E-state index contributed by atoms with van der Waals surface area (Å²) in [6.07, 6.45) is 3.23. The highest BCUT2D eigenvalue weighted by Crippen LogP contribution is 2.05. The molecule has 122 valence electrons. The third-order valence-electron chi connectivity index (χ3n) is 2.88. The van der Waals surface area contributed by atoms with E-state index in [2.05, 4.69) is 20.6 Å². The van der Waals surface area contributed by atoms with E-state index in [1.165, 1.54) is 12.4 Å². The van der Waals surface area contributed by atoms with E-state index in [4.69, 9.17) is 4.74 Å².